The van der Waals surface area contributed by atoms with Gasteiger partial charge in [0.2, 0.25) is 0 Å². The number of benzene rings is 1. The van der Waals surface area contributed by atoms with Gasteiger partial charge in [0.25, 0.3) is 0 Å². The summed E-state index contributed by atoms with van der Waals surface area (Å²) in [7, 11) is 0. The summed E-state index contributed by atoms with van der Waals surface area (Å²) in [6.45, 7) is 8.96. The number of nitrogens with two attached hydrogens (primary N) is 1. The molecule has 3 heteroatoms. The fraction of sp³-hybridized carbons (Fsp3) is 0.571. The number of hydrogen-bond acceptors (Lipinski definition) is 3. The van der Waals surface area contributed by atoms with Crippen LogP contribution in [0.15, 0.2) is 18.2 Å². The third-order valence-corrected chi connectivity index (χ3v) is 2.92. The average molecular weight is 236 g/mol. The normalized spacial score (nSPS) is 13.1. The number of nitrogens with one attached hydrogen (secondary N) is 1. The van der Waals surface area contributed by atoms with Crippen molar-refractivity contribution in [2.24, 2.45) is 5.84 Å². The Balaban J connectivity index is 2.57. The smallest absolute Gasteiger partial charge is 0.0639 e. The second kappa shape index (κ2) is 6.74. The summed E-state index contributed by atoms with van der Waals surface area (Å²) in [5.74, 6) is 5.54. The topological polar surface area (TPSA) is 47.3 Å². The fourth-order valence-corrected chi connectivity index (χ4v) is 1.69. The lowest BCUT2D eigenvalue weighted by atomic mass is 10.0. The lowest BCUT2D eigenvalue weighted by molar-refractivity contribution is 0.0613. The molecule has 3 nitrogen and oxygen atoms in total. The number of ether oxygens (including phenoxy) is 1. The zero-order chi connectivity index (χ0) is 12.8. The first-order valence-electron chi connectivity index (χ1n) is 6.16. The summed E-state index contributed by atoms with van der Waals surface area (Å²) in [6, 6.07) is 6.69. The minimum atomic E-state index is 0.166. The van der Waals surface area contributed by atoms with E-state index in [1.54, 1.807) is 0 Å². The number of aryl methyl sites for hydroxylation is 2. The summed E-state index contributed by atoms with van der Waals surface area (Å²) < 4.78 is 5.58. The molecule has 0 heterocycles. The first-order valence-corrected chi connectivity index (χ1v) is 6.16. The molecule has 0 aliphatic heterocycles. The molecule has 0 aliphatic rings. The predicted molar refractivity (Wildman–Crippen MR) is 71.8 cm³/mol. The van der Waals surface area contributed by atoms with Crippen LogP contribution in [0.4, 0.5) is 0 Å². The highest BCUT2D eigenvalue weighted by Crippen LogP contribution is 2.11. The Morgan fingerprint density at radius 2 is 1.94 bits per heavy atom. The molecule has 0 saturated heterocycles. The molecule has 96 valence electrons. The molecule has 1 aromatic carbocycles. The largest absolute Gasteiger partial charge is 0.377 e. The van der Waals surface area contributed by atoms with E-state index in [9.17, 15) is 0 Å². The summed E-state index contributed by atoms with van der Waals surface area (Å²) >= 11 is 0. The van der Waals surface area contributed by atoms with E-state index < -0.39 is 0 Å². The van der Waals surface area contributed by atoms with E-state index in [0.717, 1.165) is 6.42 Å². The van der Waals surface area contributed by atoms with Crippen LogP contribution < -0.4 is 11.3 Å². The molecule has 0 radical (unpaired) electrons. The summed E-state index contributed by atoms with van der Waals surface area (Å²) in [5, 5.41) is 0. The fourth-order valence-electron chi connectivity index (χ4n) is 1.69. The minimum Gasteiger partial charge on any atom is -0.377 e. The van der Waals surface area contributed by atoms with Gasteiger partial charge in [-0.3, -0.25) is 11.3 Å². The van der Waals surface area contributed by atoms with Crippen LogP contribution >= 0.6 is 0 Å². The SMILES string of the molecule is Cc1ccc(CC(COC(C)C)NN)cc1C. The molecule has 1 atom stereocenters. The molecule has 3 N–H and O–H groups in total. The van der Waals surface area contributed by atoms with Gasteiger partial charge in [-0.15, -0.1) is 0 Å². The highest BCUT2D eigenvalue weighted by atomic mass is 16.5. The van der Waals surface area contributed by atoms with Crippen molar-refractivity contribution in [1.82, 2.24) is 5.43 Å². The van der Waals surface area contributed by atoms with Crippen LogP contribution in [0.3, 0.4) is 0 Å². The molecular formula is C14H24N2O. The van der Waals surface area contributed by atoms with Gasteiger partial charge in [-0.2, -0.15) is 0 Å². The quantitative estimate of drug-likeness (QED) is 0.587. The Morgan fingerprint density at radius 3 is 2.47 bits per heavy atom. The first-order chi connectivity index (χ1) is 8.02. The van der Waals surface area contributed by atoms with Gasteiger partial charge < -0.3 is 4.74 Å². The van der Waals surface area contributed by atoms with Crippen molar-refractivity contribution in [3.63, 3.8) is 0 Å². The van der Waals surface area contributed by atoms with Gasteiger partial charge in [0.15, 0.2) is 0 Å². The zero-order valence-electron chi connectivity index (χ0n) is 11.3. The minimum absolute atomic E-state index is 0.166. The molecule has 0 amide bonds. The summed E-state index contributed by atoms with van der Waals surface area (Å²) in [4.78, 5) is 0. The number of rotatable bonds is 6. The molecule has 0 fully saturated rings. The molecule has 1 aromatic rings. The van der Waals surface area contributed by atoms with Gasteiger partial charge in [-0.05, 0) is 50.8 Å². The van der Waals surface area contributed by atoms with Crippen LogP contribution in [0.1, 0.15) is 30.5 Å². The lowest BCUT2D eigenvalue weighted by Gasteiger charge is -2.18. The van der Waals surface area contributed by atoms with E-state index in [4.69, 9.17) is 10.6 Å². The van der Waals surface area contributed by atoms with Crippen molar-refractivity contribution in [2.75, 3.05) is 6.61 Å². The van der Waals surface area contributed by atoms with E-state index in [0.29, 0.717) is 6.61 Å². The van der Waals surface area contributed by atoms with Crippen LogP contribution in [0.25, 0.3) is 0 Å². The molecule has 0 bridgehead atoms. The molecule has 17 heavy (non-hydrogen) atoms. The lowest BCUT2D eigenvalue weighted by Crippen LogP contribution is -2.40. The Kier molecular flexibility index (Phi) is 5.62. The van der Waals surface area contributed by atoms with Gasteiger partial charge >= 0.3 is 0 Å². The van der Waals surface area contributed by atoms with Crippen molar-refractivity contribution in [3.8, 4) is 0 Å². The van der Waals surface area contributed by atoms with Crippen molar-refractivity contribution >= 4 is 0 Å². The van der Waals surface area contributed by atoms with Crippen molar-refractivity contribution in [2.45, 2.75) is 46.3 Å². The van der Waals surface area contributed by atoms with Crippen molar-refractivity contribution < 1.29 is 4.74 Å². The Morgan fingerprint density at radius 1 is 1.24 bits per heavy atom. The maximum atomic E-state index is 5.58. The van der Waals surface area contributed by atoms with Gasteiger partial charge in [0.05, 0.1) is 12.7 Å². The van der Waals surface area contributed by atoms with Gasteiger partial charge in [0.1, 0.15) is 0 Å². The second-order valence-corrected chi connectivity index (χ2v) is 4.87. The molecule has 0 aliphatic carbocycles. The van der Waals surface area contributed by atoms with Crippen LogP contribution in [0, 0.1) is 13.8 Å². The first kappa shape index (κ1) is 14.2. The highest BCUT2D eigenvalue weighted by molar-refractivity contribution is 5.30. The molecule has 0 aromatic heterocycles. The van der Waals surface area contributed by atoms with Crippen molar-refractivity contribution in [1.29, 1.82) is 0 Å². The Hall–Kier alpha value is -0.900. The standard InChI is InChI=1S/C14H24N2O/c1-10(2)17-9-14(16-15)8-13-6-5-11(3)12(4)7-13/h5-7,10,14,16H,8-9,15H2,1-4H3. The van der Waals surface area contributed by atoms with Crippen LogP contribution in [-0.2, 0) is 11.2 Å². The van der Waals surface area contributed by atoms with E-state index in [1.165, 1.54) is 16.7 Å². The van der Waals surface area contributed by atoms with Crippen LogP contribution in [0.2, 0.25) is 0 Å². The third kappa shape index (κ3) is 4.86. The third-order valence-electron chi connectivity index (χ3n) is 2.92. The number of hydrogen-bond donors (Lipinski definition) is 2. The predicted octanol–water partition coefficient (Wildman–Crippen LogP) is 2.10. The van der Waals surface area contributed by atoms with Gasteiger partial charge in [0, 0.05) is 6.04 Å². The second-order valence-electron chi connectivity index (χ2n) is 4.87. The zero-order valence-corrected chi connectivity index (χ0v) is 11.3. The molecule has 1 rings (SSSR count). The van der Waals surface area contributed by atoms with E-state index in [1.807, 2.05) is 13.8 Å². The Bertz CT molecular complexity index is 350. The maximum Gasteiger partial charge on any atom is 0.0639 e. The summed E-state index contributed by atoms with van der Waals surface area (Å²) in [5.41, 5.74) is 6.76. The highest BCUT2D eigenvalue weighted by Gasteiger charge is 2.09. The molecule has 0 spiro atoms. The van der Waals surface area contributed by atoms with E-state index >= 15 is 0 Å². The maximum absolute atomic E-state index is 5.58. The van der Waals surface area contributed by atoms with Crippen molar-refractivity contribution in [3.05, 3.63) is 34.9 Å². The van der Waals surface area contributed by atoms with Gasteiger partial charge in [-0.1, -0.05) is 18.2 Å². The number of hydrazine groups is 1. The average Bonchev–Trinajstić information content (AvgIpc) is 2.28. The van der Waals surface area contributed by atoms with E-state index in [2.05, 4.69) is 37.5 Å². The van der Waals surface area contributed by atoms with E-state index in [-0.39, 0.29) is 12.1 Å². The van der Waals surface area contributed by atoms with Crippen LogP contribution in [0.5, 0.6) is 0 Å². The van der Waals surface area contributed by atoms with Gasteiger partial charge in [-0.25, -0.2) is 0 Å². The molecule has 1 unspecified atom stereocenters. The Labute approximate surface area is 104 Å². The van der Waals surface area contributed by atoms with Crippen LogP contribution in [-0.4, -0.2) is 18.8 Å². The monoisotopic (exact) mass is 236 g/mol. The molecular weight excluding hydrogens is 212 g/mol. The summed E-state index contributed by atoms with van der Waals surface area (Å²) in [6.07, 6.45) is 1.13. The molecule has 0 saturated carbocycles.